The number of carbonyl (C=O) groups is 1. The fourth-order valence-electron chi connectivity index (χ4n) is 1.13. The number of Topliss-reactive ketones (excluding diaryl/α,β-unsaturated/α-hetero) is 1. The lowest BCUT2D eigenvalue weighted by Crippen LogP contribution is -2.08. The van der Waals surface area contributed by atoms with Crippen molar-refractivity contribution in [3.05, 3.63) is 23.5 Å². The van der Waals surface area contributed by atoms with Crippen molar-refractivity contribution in [2.24, 2.45) is 0 Å². The van der Waals surface area contributed by atoms with Crippen LogP contribution >= 0.6 is 11.8 Å². The first kappa shape index (κ1) is 13.0. The summed E-state index contributed by atoms with van der Waals surface area (Å²) in [5.41, 5.74) is -0.728. The average Bonchev–Trinajstić information content (AvgIpc) is 2.16. The Labute approximate surface area is 95.3 Å². The number of aromatic nitrogens is 1. The van der Waals surface area contributed by atoms with Crippen molar-refractivity contribution in [3.8, 4) is 0 Å². The van der Waals surface area contributed by atoms with Crippen LogP contribution in [0.25, 0.3) is 0 Å². The second-order valence-electron chi connectivity index (χ2n) is 3.06. The Morgan fingerprint density at radius 3 is 2.56 bits per heavy atom. The highest BCUT2D eigenvalue weighted by atomic mass is 32.2. The number of thioether (sulfide) groups is 1. The first-order valence-corrected chi connectivity index (χ1v) is 5.55. The predicted octanol–water partition coefficient (Wildman–Crippen LogP) is 3.42. The van der Waals surface area contributed by atoms with E-state index in [2.05, 4.69) is 4.98 Å². The molecule has 1 aromatic rings. The van der Waals surface area contributed by atoms with Crippen LogP contribution < -0.4 is 0 Å². The van der Waals surface area contributed by atoms with Crippen molar-refractivity contribution in [2.75, 3.05) is 5.75 Å². The second kappa shape index (κ2) is 4.86. The van der Waals surface area contributed by atoms with Crippen molar-refractivity contribution in [3.63, 3.8) is 0 Å². The molecule has 1 heterocycles. The smallest absolute Gasteiger partial charge is 0.293 e. The maximum absolute atomic E-state index is 12.4. The molecular weight excluding hydrogens is 239 g/mol. The van der Waals surface area contributed by atoms with E-state index in [4.69, 9.17) is 0 Å². The van der Waals surface area contributed by atoms with Crippen molar-refractivity contribution in [2.45, 2.75) is 24.9 Å². The molecular formula is C10H10F3NOS. The van der Waals surface area contributed by atoms with Gasteiger partial charge < -0.3 is 0 Å². The molecule has 0 N–H and O–H groups in total. The summed E-state index contributed by atoms with van der Waals surface area (Å²) in [6.45, 7) is 3.09. The molecule has 1 aromatic heterocycles. The van der Waals surface area contributed by atoms with E-state index >= 15 is 0 Å². The van der Waals surface area contributed by atoms with Crippen LogP contribution in [0.5, 0.6) is 0 Å². The van der Waals surface area contributed by atoms with Gasteiger partial charge in [-0.3, -0.25) is 9.78 Å². The molecule has 0 aliphatic heterocycles. The number of carbonyl (C=O) groups excluding carboxylic acids is 1. The molecule has 16 heavy (non-hydrogen) atoms. The summed E-state index contributed by atoms with van der Waals surface area (Å²) in [6.07, 6.45) is -3.73. The highest BCUT2D eigenvalue weighted by Gasteiger charge is 2.32. The van der Waals surface area contributed by atoms with Gasteiger partial charge in [-0.1, -0.05) is 6.92 Å². The monoisotopic (exact) mass is 249 g/mol. The molecule has 1 rings (SSSR count). The highest BCUT2D eigenvalue weighted by molar-refractivity contribution is 7.99. The van der Waals surface area contributed by atoms with E-state index in [0.717, 1.165) is 6.07 Å². The SMILES string of the molecule is CCSc1cc(C(F)(F)F)cnc1C(C)=O. The molecule has 0 unspecified atom stereocenters. The zero-order chi connectivity index (χ0) is 12.3. The minimum atomic E-state index is -4.43. The summed E-state index contributed by atoms with van der Waals surface area (Å²) in [4.78, 5) is 15.0. The number of hydrogen-bond donors (Lipinski definition) is 0. The molecule has 6 heteroatoms. The number of nitrogens with zero attached hydrogens (tertiary/aromatic N) is 1. The number of pyridine rings is 1. The molecule has 0 atom stereocenters. The summed E-state index contributed by atoms with van der Waals surface area (Å²) < 4.78 is 37.2. The molecule has 0 aliphatic carbocycles. The standard InChI is InChI=1S/C10H10F3NOS/c1-3-16-8-4-7(10(11,12)13)5-14-9(8)6(2)15/h4-5H,3H2,1-2H3. The third kappa shape index (κ3) is 2.98. The number of ketones is 1. The normalized spacial score (nSPS) is 11.6. The van der Waals surface area contributed by atoms with Gasteiger partial charge >= 0.3 is 6.18 Å². The van der Waals surface area contributed by atoms with E-state index in [-0.39, 0.29) is 16.4 Å². The van der Waals surface area contributed by atoms with E-state index in [9.17, 15) is 18.0 Å². The quantitative estimate of drug-likeness (QED) is 0.607. The highest BCUT2D eigenvalue weighted by Crippen LogP contribution is 2.32. The molecule has 0 fully saturated rings. The molecule has 0 amide bonds. The van der Waals surface area contributed by atoms with E-state index in [1.54, 1.807) is 6.92 Å². The zero-order valence-electron chi connectivity index (χ0n) is 8.76. The first-order valence-electron chi connectivity index (χ1n) is 4.57. The molecule has 0 saturated carbocycles. The van der Waals surface area contributed by atoms with Crippen LogP contribution in [0.3, 0.4) is 0 Å². The zero-order valence-corrected chi connectivity index (χ0v) is 9.58. The van der Waals surface area contributed by atoms with Gasteiger partial charge in [0, 0.05) is 18.0 Å². The van der Waals surface area contributed by atoms with Gasteiger partial charge in [0.05, 0.1) is 5.56 Å². The third-order valence-corrected chi connectivity index (χ3v) is 2.72. The van der Waals surface area contributed by atoms with E-state index in [1.165, 1.54) is 18.7 Å². The van der Waals surface area contributed by atoms with Gasteiger partial charge in [0.1, 0.15) is 5.69 Å². The maximum Gasteiger partial charge on any atom is 0.417 e. The van der Waals surface area contributed by atoms with E-state index < -0.39 is 11.7 Å². The van der Waals surface area contributed by atoms with Gasteiger partial charge in [-0.25, -0.2) is 0 Å². The average molecular weight is 249 g/mol. The molecule has 0 radical (unpaired) electrons. The molecule has 0 bridgehead atoms. The van der Waals surface area contributed by atoms with Gasteiger partial charge in [-0.15, -0.1) is 11.8 Å². The topological polar surface area (TPSA) is 30.0 Å². The summed E-state index contributed by atoms with van der Waals surface area (Å²) in [6, 6.07) is 0.970. The van der Waals surface area contributed by atoms with Gasteiger partial charge in [-0.2, -0.15) is 13.2 Å². The first-order chi connectivity index (χ1) is 7.36. The Morgan fingerprint density at radius 2 is 2.12 bits per heavy atom. The van der Waals surface area contributed by atoms with Gasteiger partial charge in [0.15, 0.2) is 5.78 Å². The Morgan fingerprint density at radius 1 is 1.50 bits per heavy atom. The summed E-state index contributed by atoms with van der Waals surface area (Å²) in [5, 5.41) is 0. The lowest BCUT2D eigenvalue weighted by atomic mass is 10.2. The molecule has 0 spiro atoms. The number of rotatable bonds is 3. The predicted molar refractivity (Wildman–Crippen MR) is 55.6 cm³/mol. The molecule has 2 nitrogen and oxygen atoms in total. The van der Waals surface area contributed by atoms with Crippen molar-refractivity contribution in [1.29, 1.82) is 0 Å². The Balaban J connectivity index is 3.22. The van der Waals surface area contributed by atoms with E-state index in [1.807, 2.05) is 0 Å². The molecule has 88 valence electrons. The third-order valence-electron chi connectivity index (χ3n) is 1.81. The lowest BCUT2D eigenvalue weighted by molar-refractivity contribution is -0.138. The fourth-order valence-corrected chi connectivity index (χ4v) is 1.98. The van der Waals surface area contributed by atoms with Gasteiger partial charge in [0.2, 0.25) is 0 Å². The van der Waals surface area contributed by atoms with Crippen molar-refractivity contribution < 1.29 is 18.0 Å². The van der Waals surface area contributed by atoms with Crippen LogP contribution in [0.1, 0.15) is 29.9 Å². The van der Waals surface area contributed by atoms with Crippen LogP contribution in [0.15, 0.2) is 17.2 Å². The summed E-state index contributed by atoms with van der Waals surface area (Å²) in [7, 11) is 0. The van der Waals surface area contributed by atoms with Crippen molar-refractivity contribution >= 4 is 17.5 Å². The molecule has 0 saturated heterocycles. The fraction of sp³-hybridized carbons (Fsp3) is 0.400. The molecule has 0 aromatic carbocycles. The lowest BCUT2D eigenvalue weighted by Gasteiger charge is -2.10. The number of halogens is 3. The van der Waals surface area contributed by atoms with Crippen LogP contribution in [-0.2, 0) is 6.18 Å². The minimum absolute atomic E-state index is 0.0971. The number of hydrogen-bond acceptors (Lipinski definition) is 3. The van der Waals surface area contributed by atoms with Crippen molar-refractivity contribution in [1.82, 2.24) is 4.98 Å². The van der Waals surface area contributed by atoms with Gasteiger partial charge in [0.25, 0.3) is 0 Å². The second-order valence-corrected chi connectivity index (χ2v) is 4.36. The Kier molecular flexibility index (Phi) is 3.96. The van der Waals surface area contributed by atoms with Crippen LogP contribution in [0, 0.1) is 0 Å². The minimum Gasteiger partial charge on any atom is -0.293 e. The number of alkyl halides is 3. The van der Waals surface area contributed by atoms with Crippen LogP contribution in [-0.4, -0.2) is 16.5 Å². The van der Waals surface area contributed by atoms with Gasteiger partial charge in [-0.05, 0) is 11.8 Å². The summed E-state index contributed by atoms with van der Waals surface area (Å²) >= 11 is 1.18. The Hall–Kier alpha value is -1.04. The van der Waals surface area contributed by atoms with E-state index in [0.29, 0.717) is 11.9 Å². The maximum atomic E-state index is 12.4. The van der Waals surface area contributed by atoms with Crippen LogP contribution in [0.4, 0.5) is 13.2 Å². The summed E-state index contributed by atoms with van der Waals surface area (Å²) in [5.74, 6) is 0.258. The molecule has 0 aliphatic rings. The largest absolute Gasteiger partial charge is 0.417 e. The van der Waals surface area contributed by atoms with Crippen LogP contribution in [0.2, 0.25) is 0 Å². The Bertz CT molecular complexity index is 404.